The van der Waals surface area contributed by atoms with Gasteiger partial charge < -0.3 is 5.32 Å². The molecule has 0 aliphatic carbocycles. The van der Waals surface area contributed by atoms with Crippen molar-refractivity contribution in [1.82, 2.24) is 9.62 Å². The Bertz CT molecular complexity index is 1000. The van der Waals surface area contributed by atoms with Crippen LogP contribution in [0.3, 0.4) is 0 Å². The van der Waals surface area contributed by atoms with Crippen LogP contribution in [-0.4, -0.2) is 31.9 Å². The highest BCUT2D eigenvalue weighted by Crippen LogP contribution is 2.26. The van der Waals surface area contributed by atoms with Crippen LogP contribution in [0.2, 0.25) is 0 Å². The van der Waals surface area contributed by atoms with Crippen LogP contribution in [-0.2, 0) is 14.8 Å². The van der Waals surface area contributed by atoms with Gasteiger partial charge in [0.25, 0.3) is 0 Å². The smallest absolute Gasteiger partial charge is 0.243 e. The second-order valence-corrected chi connectivity index (χ2v) is 8.90. The first-order chi connectivity index (χ1) is 13.9. The molecule has 0 saturated heterocycles. The van der Waals surface area contributed by atoms with Crippen molar-refractivity contribution in [1.29, 1.82) is 0 Å². The van der Waals surface area contributed by atoms with Gasteiger partial charge in [0.05, 0.1) is 12.3 Å². The quantitative estimate of drug-likeness (QED) is 0.650. The van der Waals surface area contributed by atoms with Gasteiger partial charge in [-0.2, -0.15) is 4.31 Å². The first-order valence-electron chi connectivity index (χ1n) is 9.26. The fraction of sp³-hybridized carbons (Fsp3) is 0.174. The maximum atomic E-state index is 13.4. The van der Waals surface area contributed by atoms with Gasteiger partial charge in [0.15, 0.2) is 0 Å². The third-order valence-corrected chi connectivity index (χ3v) is 6.06. The summed E-state index contributed by atoms with van der Waals surface area (Å²) in [4.78, 5) is 13.4. The Morgan fingerprint density at radius 3 is 1.52 bits per heavy atom. The predicted octanol–water partition coefficient (Wildman–Crippen LogP) is 3.52. The van der Waals surface area contributed by atoms with Gasteiger partial charge >= 0.3 is 0 Å². The Balaban J connectivity index is 2.00. The minimum atomic E-state index is -3.59. The summed E-state index contributed by atoms with van der Waals surface area (Å²) in [6, 6.07) is 26.8. The van der Waals surface area contributed by atoms with E-state index in [0.717, 1.165) is 21.7 Å². The molecular weight excluding hydrogens is 384 g/mol. The van der Waals surface area contributed by atoms with Crippen molar-refractivity contribution >= 4 is 15.9 Å². The van der Waals surface area contributed by atoms with E-state index in [0.29, 0.717) is 5.56 Å². The lowest BCUT2D eigenvalue weighted by atomic mass is 9.97. The summed E-state index contributed by atoms with van der Waals surface area (Å²) in [6.45, 7) is 0. The molecule has 3 rings (SSSR count). The summed E-state index contributed by atoms with van der Waals surface area (Å²) < 4.78 is 25.5. The number of likely N-dealkylation sites (N-methyl/N-ethyl adjacent to an activating group) is 1. The SMILES string of the molecule is CN(C(C(=O)NC(c1ccccc1)c1ccccc1)c1ccccc1)S(C)(=O)=O. The average Bonchev–Trinajstić information content (AvgIpc) is 2.73. The predicted molar refractivity (Wildman–Crippen MR) is 115 cm³/mol. The number of hydrogen-bond donors (Lipinski definition) is 1. The molecule has 1 unspecified atom stereocenters. The molecule has 0 spiro atoms. The summed E-state index contributed by atoms with van der Waals surface area (Å²) in [5.74, 6) is -0.387. The van der Waals surface area contributed by atoms with Crippen LogP contribution in [0.25, 0.3) is 0 Å². The van der Waals surface area contributed by atoms with Crippen LogP contribution >= 0.6 is 0 Å². The molecule has 5 nitrogen and oxygen atoms in total. The van der Waals surface area contributed by atoms with E-state index in [4.69, 9.17) is 0 Å². The Labute approximate surface area is 172 Å². The van der Waals surface area contributed by atoms with Crippen molar-refractivity contribution < 1.29 is 13.2 Å². The minimum Gasteiger partial charge on any atom is -0.343 e. The summed E-state index contributed by atoms with van der Waals surface area (Å²) in [7, 11) is -2.16. The lowest BCUT2D eigenvalue weighted by Gasteiger charge is -2.28. The monoisotopic (exact) mass is 408 g/mol. The summed E-state index contributed by atoms with van der Waals surface area (Å²) >= 11 is 0. The van der Waals surface area contributed by atoms with Crippen LogP contribution in [0.5, 0.6) is 0 Å². The van der Waals surface area contributed by atoms with Crippen molar-refractivity contribution in [2.45, 2.75) is 12.1 Å². The number of rotatable bonds is 7. The first kappa shape index (κ1) is 20.8. The van der Waals surface area contributed by atoms with Crippen molar-refractivity contribution in [2.75, 3.05) is 13.3 Å². The first-order valence-corrected chi connectivity index (χ1v) is 11.1. The number of carbonyl (C=O) groups excluding carboxylic acids is 1. The van der Waals surface area contributed by atoms with E-state index in [9.17, 15) is 13.2 Å². The van der Waals surface area contributed by atoms with Gasteiger partial charge in [-0.15, -0.1) is 0 Å². The van der Waals surface area contributed by atoms with E-state index in [-0.39, 0.29) is 5.91 Å². The lowest BCUT2D eigenvalue weighted by molar-refractivity contribution is -0.125. The summed E-state index contributed by atoms with van der Waals surface area (Å²) in [6.07, 6.45) is 1.10. The van der Waals surface area contributed by atoms with Gasteiger partial charge in [-0.1, -0.05) is 91.0 Å². The molecule has 0 heterocycles. The molecule has 1 N–H and O–H groups in total. The van der Waals surface area contributed by atoms with Gasteiger partial charge in [0, 0.05) is 7.05 Å². The van der Waals surface area contributed by atoms with Gasteiger partial charge in [-0.3, -0.25) is 4.79 Å². The van der Waals surface area contributed by atoms with Crippen LogP contribution in [0.4, 0.5) is 0 Å². The van der Waals surface area contributed by atoms with E-state index < -0.39 is 22.1 Å². The number of benzene rings is 3. The van der Waals surface area contributed by atoms with Crippen molar-refractivity contribution in [3.05, 3.63) is 108 Å². The van der Waals surface area contributed by atoms with Crippen molar-refractivity contribution in [2.24, 2.45) is 0 Å². The molecule has 3 aromatic rings. The average molecular weight is 409 g/mol. The molecule has 0 aromatic heterocycles. The Hall–Kier alpha value is -2.96. The number of amides is 1. The van der Waals surface area contributed by atoms with E-state index in [1.807, 2.05) is 66.7 Å². The van der Waals surface area contributed by atoms with E-state index in [2.05, 4.69) is 5.32 Å². The molecule has 0 fully saturated rings. The molecule has 6 heteroatoms. The van der Waals surface area contributed by atoms with E-state index in [1.54, 1.807) is 24.3 Å². The molecule has 150 valence electrons. The van der Waals surface area contributed by atoms with Crippen LogP contribution in [0, 0.1) is 0 Å². The second kappa shape index (κ2) is 9.03. The second-order valence-electron chi connectivity index (χ2n) is 6.86. The normalized spacial score (nSPS) is 12.7. The van der Waals surface area contributed by atoms with Gasteiger partial charge in [0.1, 0.15) is 6.04 Å². The highest BCUT2D eigenvalue weighted by molar-refractivity contribution is 7.88. The number of hydrogen-bond acceptors (Lipinski definition) is 3. The molecule has 0 radical (unpaired) electrons. The Morgan fingerprint density at radius 2 is 1.14 bits per heavy atom. The number of nitrogens with one attached hydrogen (secondary N) is 1. The largest absolute Gasteiger partial charge is 0.343 e. The van der Waals surface area contributed by atoms with Gasteiger partial charge in [-0.25, -0.2) is 8.42 Å². The molecule has 3 aromatic carbocycles. The fourth-order valence-corrected chi connectivity index (χ4v) is 3.82. The molecule has 0 aliphatic heterocycles. The summed E-state index contributed by atoms with van der Waals surface area (Å²) in [5.41, 5.74) is 2.44. The molecule has 1 amide bonds. The van der Waals surface area contributed by atoms with Crippen molar-refractivity contribution in [3.8, 4) is 0 Å². The lowest BCUT2D eigenvalue weighted by Crippen LogP contribution is -2.42. The molecule has 0 saturated carbocycles. The zero-order valence-electron chi connectivity index (χ0n) is 16.4. The van der Waals surface area contributed by atoms with Gasteiger partial charge in [-0.05, 0) is 16.7 Å². The maximum Gasteiger partial charge on any atom is 0.243 e. The van der Waals surface area contributed by atoms with E-state index in [1.165, 1.54) is 7.05 Å². The molecular formula is C23H24N2O3S. The minimum absolute atomic E-state index is 0.387. The molecule has 0 aliphatic rings. The fourth-order valence-electron chi connectivity index (χ4n) is 3.22. The van der Waals surface area contributed by atoms with Crippen LogP contribution in [0.15, 0.2) is 91.0 Å². The van der Waals surface area contributed by atoms with Gasteiger partial charge in [0.2, 0.25) is 15.9 Å². The number of sulfonamides is 1. The topological polar surface area (TPSA) is 66.5 Å². The molecule has 1 atom stereocenters. The third-order valence-electron chi connectivity index (χ3n) is 4.80. The van der Waals surface area contributed by atoms with Crippen LogP contribution in [0.1, 0.15) is 28.8 Å². The van der Waals surface area contributed by atoms with E-state index >= 15 is 0 Å². The zero-order valence-corrected chi connectivity index (χ0v) is 17.2. The maximum absolute atomic E-state index is 13.4. The summed E-state index contributed by atoms with van der Waals surface area (Å²) in [5, 5.41) is 3.06. The highest BCUT2D eigenvalue weighted by atomic mass is 32.2. The Kier molecular flexibility index (Phi) is 6.46. The van der Waals surface area contributed by atoms with Crippen LogP contribution < -0.4 is 5.32 Å². The molecule has 29 heavy (non-hydrogen) atoms. The zero-order chi connectivity index (χ0) is 20.9. The number of carbonyl (C=O) groups is 1. The standard InChI is InChI=1S/C23H24N2O3S/c1-25(29(2,27)28)22(20-16-10-5-11-17-20)23(26)24-21(18-12-6-3-7-13-18)19-14-8-4-9-15-19/h3-17,21-22H,1-2H3,(H,24,26). The third kappa shape index (κ3) is 5.10. The van der Waals surface area contributed by atoms with Crippen molar-refractivity contribution in [3.63, 3.8) is 0 Å². The number of nitrogens with zero attached hydrogens (tertiary/aromatic N) is 1. The Morgan fingerprint density at radius 1 is 0.759 bits per heavy atom. The highest BCUT2D eigenvalue weighted by Gasteiger charge is 2.32. The molecule has 0 bridgehead atoms.